The van der Waals surface area contributed by atoms with Crippen LogP contribution in [0.5, 0.6) is 0 Å². The molecular weight excluding hydrogens is 316 g/mol. The third-order valence-corrected chi connectivity index (χ3v) is 4.03. The van der Waals surface area contributed by atoms with Gasteiger partial charge in [0.05, 0.1) is 24.3 Å². The first-order valence-electron chi connectivity index (χ1n) is 8.19. The van der Waals surface area contributed by atoms with E-state index in [0.29, 0.717) is 11.3 Å². The Hall–Kier alpha value is -3.08. The number of fused-ring (bicyclic) bond motifs is 1. The van der Waals surface area contributed by atoms with E-state index in [9.17, 15) is 9.59 Å². The van der Waals surface area contributed by atoms with E-state index in [4.69, 9.17) is 4.74 Å². The minimum atomic E-state index is -0.441. The van der Waals surface area contributed by atoms with Gasteiger partial charge in [-0.15, -0.1) is 0 Å². The predicted molar refractivity (Wildman–Crippen MR) is 97.7 cm³/mol. The van der Waals surface area contributed by atoms with Crippen LogP contribution >= 0.6 is 0 Å². The van der Waals surface area contributed by atoms with Gasteiger partial charge in [-0.2, -0.15) is 0 Å². The van der Waals surface area contributed by atoms with Crippen LogP contribution in [0.3, 0.4) is 0 Å². The quantitative estimate of drug-likeness (QED) is 0.725. The average molecular weight is 336 g/mol. The number of carbonyl (C=O) groups excluding carboxylic acids is 2. The zero-order chi connectivity index (χ0) is 17.8. The number of anilines is 1. The molecule has 5 nitrogen and oxygen atoms in total. The number of aryl methyl sites for hydroxylation is 1. The number of aromatic nitrogens is 1. The Morgan fingerprint density at radius 2 is 1.80 bits per heavy atom. The molecule has 5 heteroatoms. The standard InChI is InChI=1S/C20H20N2O3/c1-3-25-20(24)16-9-4-6-10-17(16)21-19(23)12-14-13-22(2)18-11-7-5-8-15(14)18/h4-11,13H,3,12H2,1-2H3,(H,21,23). The first kappa shape index (κ1) is 16.8. The van der Waals surface area contributed by atoms with Gasteiger partial charge in [0.2, 0.25) is 5.91 Å². The van der Waals surface area contributed by atoms with Gasteiger partial charge in [-0.25, -0.2) is 4.79 Å². The Morgan fingerprint density at radius 3 is 2.60 bits per heavy atom. The highest BCUT2D eigenvalue weighted by molar-refractivity contribution is 6.02. The van der Waals surface area contributed by atoms with Crippen LogP contribution in [-0.4, -0.2) is 23.1 Å². The molecule has 3 aromatic rings. The summed E-state index contributed by atoms with van der Waals surface area (Å²) in [7, 11) is 1.96. The summed E-state index contributed by atoms with van der Waals surface area (Å²) in [5.74, 6) is -0.614. The van der Waals surface area contributed by atoms with Crippen molar-refractivity contribution >= 4 is 28.5 Å². The number of para-hydroxylation sites is 2. The van der Waals surface area contributed by atoms with Gasteiger partial charge in [0.1, 0.15) is 0 Å². The number of amides is 1. The first-order valence-corrected chi connectivity index (χ1v) is 8.19. The zero-order valence-electron chi connectivity index (χ0n) is 14.3. The minimum Gasteiger partial charge on any atom is -0.462 e. The summed E-state index contributed by atoms with van der Waals surface area (Å²) in [5.41, 5.74) is 2.85. The number of nitrogens with one attached hydrogen (secondary N) is 1. The fraction of sp³-hybridized carbons (Fsp3) is 0.200. The van der Waals surface area contributed by atoms with Crippen molar-refractivity contribution in [2.45, 2.75) is 13.3 Å². The molecule has 1 amide bonds. The van der Waals surface area contributed by atoms with Crippen LogP contribution in [0.2, 0.25) is 0 Å². The highest BCUT2D eigenvalue weighted by Gasteiger charge is 2.15. The van der Waals surface area contributed by atoms with Crippen molar-refractivity contribution < 1.29 is 14.3 Å². The monoisotopic (exact) mass is 336 g/mol. The van der Waals surface area contributed by atoms with E-state index < -0.39 is 5.97 Å². The third-order valence-electron chi connectivity index (χ3n) is 4.03. The molecule has 25 heavy (non-hydrogen) atoms. The van der Waals surface area contributed by atoms with Crippen LogP contribution in [0.1, 0.15) is 22.8 Å². The van der Waals surface area contributed by atoms with Crippen molar-refractivity contribution in [1.29, 1.82) is 0 Å². The van der Waals surface area contributed by atoms with E-state index in [1.807, 2.05) is 42.1 Å². The lowest BCUT2D eigenvalue weighted by Gasteiger charge is -2.10. The van der Waals surface area contributed by atoms with Gasteiger partial charge >= 0.3 is 5.97 Å². The van der Waals surface area contributed by atoms with Gasteiger partial charge in [-0.1, -0.05) is 30.3 Å². The first-order chi connectivity index (χ1) is 12.1. The molecule has 0 aliphatic carbocycles. The van der Waals surface area contributed by atoms with Crippen molar-refractivity contribution in [3.05, 3.63) is 65.9 Å². The maximum atomic E-state index is 12.5. The lowest BCUT2D eigenvalue weighted by atomic mass is 10.1. The molecule has 1 N–H and O–H groups in total. The fourth-order valence-electron chi connectivity index (χ4n) is 2.91. The van der Waals surface area contributed by atoms with E-state index in [-0.39, 0.29) is 18.9 Å². The highest BCUT2D eigenvalue weighted by atomic mass is 16.5. The van der Waals surface area contributed by atoms with Crippen LogP contribution in [0, 0.1) is 0 Å². The van der Waals surface area contributed by atoms with Gasteiger partial charge in [-0.3, -0.25) is 4.79 Å². The fourth-order valence-corrected chi connectivity index (χ4v) is 2.91. The number of carbonyl (C=O) groups is 2. The molecule has 0 bridgehead atoms. The zero-order valence-corrected chi connectivity index (χ0v) is 14.3. The second kappa shape index (κ2) is 7.21. The summed E-state index contributed by atoms with van der Waals surface area (Å²) in [5, 5.41) is 3.88. The summed E-state index contributed by atoms with van der Waals surface area (Å²) >= 11 is 0. The summed E-state index contributed by atoms with van der Waals surface area (Å²) < 4.78 is 7.04. The largest absolute Gasteiger partial charge is 0.462 e. The van der Waals surface area contributed by atoms with Crippen LogP contribution < -0.4 is 5.32 Å². The second-order valence-corrected chi connectivity index (χ2v) is 5.77. The molecule has 1 aromatic heterocycles. The van der Waals surface area contributed by atoms with E-state index in [0.717, 1.165) is 16.5 Å². The molecule has 0 spiro atoms. The van der Waals surface area contributed by atoms with Gasteiger partial charge in [-0.05, 0) is 30.7 Å². The molecular formula is C20H20N2O3. The van der Waals surface area contributed by atoms with E-state index in [1.165, 1.54) is 0 Å². The molecule has 0 fully saturated rings. The molecule has 0 aliphatic heterocycles. The normalized spacial score (nSPS) is 10.6. The van der Waals surface area contributed by atoms with E-state index in [2.05, 4.69) is 5.32 Å². The summed E-state index contributed by atoms with van der Waals surface area (Å²) in [6.45, 7) is 2.04. The average Bonchev–Trinajstić information content (AvgIpc) is 2.92. The smallest absolute Gasteiger partial charge is 0.340 e. The lowest BCUT2D eigenvalue weighted by Crippen LogP contribution is -2.17. The number of hydrogen-bond donors (Lipinski definition) is 1. The molecule has 128 valence electrons. The SMILES string of the molecule is CCOC(=O)c1ccccc1NC(=O)Cc1cn(C)c2ccccc12. The molecule has 2 aromatic carbocycles. The summed E-state index contributed by atoms with van der Waals surface area (Å²) in [6.07, 6.45) is 2.19. The number of esters is 1. The number of rotatable bonds is 5. The van der Waals surface area contributed by atoms with Crippen LogP contribution in [0.4, 0.5) is 5.69 Å². The third kappa shape index (κ3) is 3.55. The van der Waals surface area contributed by atoms with Crippen LogP contribution in [0.15, 0.2) is 54.7 Å². The second-order valence-electron chi connectivity index (χ2n) is 5.77. The number of hydrogen-bond acceptors (Lipinski definition) is 3. The lowest BCUT2D eigenvalue weighted by molar-refractivity contribution is -0.115. The van der Waals surface area contributed by atoms with E-state index >= 15 is 0 Å². The number of nitrogens with zero attached hydrogens (tertiary/aromatic N) is 1. The summed E-state index contributed by atoms with van der Waals surface area (Å²) in [6, 6.07) is 14.8. The Balaban J connectivity index is 1.80. The molecule has 0 saturated carbocycles. The van der Waals surface area contributed by atoms with Gasteiger partial charge in [0.15, 0.2) is 0 Å². The molecule has 0 atom stereocenters. The topological polar surface area (TPSA) is 60.3 Å². The van der Waals surface area contributed by atoms with Crippen LogP contribution in [-0.2, 0) is 23.0 Å². The molecule has 0 unspecified atom stereocenters. The maximum Gasteiger partial charge on any atom is 0.340 e. The molecule has 3 rings (SSSR count). The Bertz CT molecular complexity index is 928. The van der Waals surface area contributed by atoms with Crippen molar-refractivity contribution in [3.8, 4) is 0 Å². The van der Waals surface area contributed by atoms with Crippen molar-refractivity contribution in [2.75, 3.05) is 11.9 Å². The molecule has 0 saturated heterocycles. The Labute approximate surface area is 146 Å². The van der Waals surface area contributed by atoms with Gasteiger partial charge < -0.3 is 14.6 Å². The predicted octanol–water partition coefficient (Wildman–Crippen LogP) is 3.54. The molecule has 0 aliphatic rings. The summed E-state index contributed by atoms with van der Waals surface area (Å²) in [4.78, 5) is 24.5. The van der Waals surface area contributed by atoms with Gasteiger partial charge in [0, 0.05) is 24.1 Å². The highest BCUT2D eigenvalue weighted by Crippen LogP contribution is 2.22. The van der Waals surface area contributed by atoms with Crippen LogP contribution in [0.25, 0.3) is 10.9 Å². The Kier molecular flexibility index (Phi) is 4.84. The maximum absolute atomic E-state index is 12.5. The Morgan fingerprint density at radius 1 is 1.08 bits per heavy atom. The minimum absolute atomic E-state index is 0.173. The molecule has 1 heterocycles. The molecule has 0 radical (unpaired) electrons. The van der Waals surface area contributed by atoms with Crippen molar-refractivity contribution in [3.63, 3.8) is 0 Å². The van der Waals surface area contributed by atoms with Gasteiger partial charge in [0.25, 0.3) is 0 Å². The van der Waals surface area contributed by atoms with Crippen molar-refractivity contribution in [1.82, 2.24) is 4.57 Å². The number of benzene rings is 2. The van der Waals surface area contributed by atoms with E-state index in [1.54, 1.807) is 31.2 Å². The number of ether oxygens (including phenoxy) is 1. The van der Waals surface area contributed by atoms with Crippen molar-refractivity contribution in [2.24, 2.45) is 7.05 Å².